The van der Waals surface area contributed by atoms with Gasteiger partial charge in [0.2, 0.25) is 5.78 Å². The lowest BCUT2D eigenvalue weighted by atomic mass is 9.99. The number of hydrogen-bond acceptors (Lipinski definition) is 5. The molecule has 4 rings (SSSR count). The minimum absolute atomic E-state index is 0.0268. The molecule has 0 spiro atoms. The minimum Gasteiger partial charge on any atom is -0.327 e. The molecule has 1 atom stereocenters. The van der Waals surface area contributed by atoms with Crippen LogP contribution < -0.4 is 5.56 Å². The Morgan fingerprint density at radius 3 is 3.14 bits per heavy atom. The van der Waals surface area contributed by atoms with Crippen molar-refractivity contribution < 1.29 is 0 Å². The topological polar surface area (TPSA) is 66.3 Å². The summed E-state index contributed by atoms with van der Waals surface area (Å²) in [5, 5.41) is 3.13. The smallest absolute Gasteiger partial charge is 0.259 e. The zero-order valence-corrected chi connectivity index (χ0v) is 12.9. The number of aromatic nitrogens is 4. The first-order chi connectivity index (χ1) is 10.8. The zero-order chi connectivity index (χ0) is 14.9. The van der Waals surface area contributed by atoms with Gasteiger partial charge in [-0.25, -0.2) is 9.97 Å². The summed E-state index contributed by atoms with van der Waals surface area (Å²) in [6.07, 6.45) is 8.60. The van der Waals surface area contributed by atoms with Crippen molar-refractivity contribution in [2.45, 2.75) is 31.8 Å². The summed E-state index contributed by atoms with van der Waals surface area (Å²) >= 11 is 1.68. The number of thiazole rings is 1. The van der Waals surface area contributed by atoms with Gasteiger partial charge in [-0.2, -0.15) is 0 Å². The molecule has 22 heavy (non-hydrogen) atoms. The summed E-state index contributed by atoms with van der Waals surface area (Å²) in [5.74, 6) is 0.613. The van der Waals surface area contributed by atoms with Gasteiger partial charge in [0.1, 0.15) is 5.01 Å². The monoisotopic (exact) mass is 315 g/mol. The summed E-state index contributed by atoms with van der Waals surface area (Å²) in [6.45, 7) is 1.87. The van der Waals surface area contributed by atoms with E-state index in [1.54, 1.807) is 29.8 Å². The van der Waals surface area contributed by atoms with Gasteiger partial charge in [-0.3, -0.25) is 14.1 Å². The standard InChI is InChI=1S/C15H17N5OS/c21-14-9-11(18-15-17-4-7-20(14)15)12-3-1-2-6-19(12)10-13-16-5-8-22-13/h4-5,7-9,12H,1-3,6,10H2,(H,17,18). The molecular weight excluding hydrogens is 298 g/mol. The van der Waals surface area contributed by atoms with E-state index in [0.717, 1.165) is 30.2 Å². The number of aromatic amines is 1. The molecule has 1 aliphatic rings. The Hall–Kier alpha value is -1.99. The summed E-state index contributed by atoms with van der Waals surface area (Å²) in [5.41, 5.74) is 0.931. The van der Waals surface area contributed by atoms with Crippen LogP contribution in [0.1, 0.15) is 36.0 Å². The lowest BCUT2D eigenvalue weighted by Crippen LogP contribution is -2.34. The van der Waals surface area contributed by atoms with Gasteiger partial charge in [0.15, 0.2) is 0 Å². The van der Waals surface area contributed by atoms with Crippen molar-refractivity contribution in [1.82, 2.24) is 24.3 Å². The van der Waals surface area contributed by atoms with Crippen LogP contribution in [0.25, 0.3) is 5.78 Å². The Kier molecular flexibility index (Phi) is 3.51. The Bertz CT molecular complexity index is 822. The van der Waals surface area contributed by atoms with Gasteiger partial charge < -0.3 is 4.98 Å². The number of rotatable bonds is 3. The quantitative estimate of drug-likeness (QED) is 0.805. The fraction of sp³-hybridized carbons (Fsp3) is 0.400. The second kappa shape index (κ2) is 5.66. The molecular formula is C15H17N5OS. The van der Waals surface area contributed by atoms with E-state index in [4.69, 9.17) is 0 Å². The highest BCUT2D eigenvalue weighted by Crippen LogP contribution is 2.31. The molecule has 1 unspecified atom stereocenters. The Labute approximate surface area is 131 Å². The fourth-order valence-electron chi connectivity index (χ4n) is 3.16. The van der Waals surface area contributed by atoms with Crippen LogP contribution in [0.15, 0.2) is 34.8 Å². The van der Waals surface area contributed by atoms with Crippen molar-refractivity contribution >= 4 is 17.1 Å². The summed E-state index contributed by atoms with van der Waals surface area (Å²) in [4.78, 5) is 26.5. The molecule has 1 N–H and O–H groups in total. The van der Waals surface area contributed by atoms with Crippen molar-refractivity contribution in [3.8, 4) is 0 Å². The number of nitrogens with zero attached hydrogens (tertiary/aromatic N) is 4. The van der Waals surface area contributed by atoms with Crippen molar-refractivity contribution in [1.29, 1.82) is 0 Å². The van der Waals surface area contributed by atoms with Crippen LogP contribution >= 0.6 is 11.3 Å². The molecule has 0 amide bonds. The molecule has 3 aromatic heterocycles. The van der Waals surface area contributed by atoms with E-state index in [1.165, 1.54) is 17.2 Å². The van der Waals surface area contributed by atoms with E-state index >= 15 is 0 Å². The number of piperidine rings is 1. The van der Waals surface area contributed by atoms with Crippen LogP contribution in [0, 0.1) is 0 Å². The largest absolute Gasteiger partial charge is 0.327 e. The SMILES string of the molecule is O=c1cc(C2CCCCN2Cc2nccs2)[nH]c2nccn12. The second-order valence-corrected chi connectivity index (χ2v) is 6.57. The van der Waals surface area contributed by atoms with Crippen LogP contribution in [0.2, 0.25) is 0 Å². The van der Waals surface area contributed by atoms with Gasteiger partial charge >= 0.3 is 0 Å². The molecule has 1 aliphatic heterocycles. The van der Waals surface area contributed by atoms with Gasteiger partial charge in [-0.1, -0.05) is 6.42 Å². The number of imidazole rings is 1. The molecule has 0 radical (unpaired) electrons. The lowest BCUT2D eigenvalue weighted by molar-refractivity contribution is 0.137. The van der Waals surface area contributed by atoms with Gasteiger partial charge in [0.05, 0.1) is 12.6 Å². The van der Waals surface area contributed by atoms with Crippen LogP contribution in [0.4, 0.5) is 0 Å². The predicted octanol–water partition coefficient (Wildman–Crippen LogP) is 2.21. The molecule has 0 aliphatic carbocycles. The highest BCUT2D eigenvalue weighted by atomic mass is 32.1. The van der Waals surface area contributed by atoms with Crippen molar-refractivity contribution in [3.63, 3.8) is 0 Å². The molecule has 6 nitrogen and oxygen atoms in total. The first-order valence-corrected chi connectivity index (χ1v) is 8.38. The normalized spacial score (nSPS) is 19.7. The third-order valence-electron chi connectivity index (χ3n) is 4.21. The zero-order valence-electron chi connectivity index (χ0n) is 12.1. The van der Waals surface area contributed by atoms with E-state index in [9.17, 15) is 4.79 Å². The van der Waals surface area contributed by atoms with E-state index in [0.29, 0.717) is 5.78 Å². The second-order valence-electron chi connectivity index (χ2n) is 5.59. The number of fused-ring (bicyclic) bond motifs is 1. The van der Waals surface area contributed by atoms with Gasteiger partial charge in [-0.15, -0.1) is 11.3 Å². The third-order valence-corrected chi connectivity index (χ3v) is 4.97. The fourth-order valence-corrected chi connectivity index (χ4v) is 3.80. The van der Waals surface area contributed by atoms with E-state index in [-0.39, 0.29) is 11.6 Å². The van der Waals surface area contributed by atoms with E-state index in [2.05, 4.69) is 19.9 Å². The van der Waals surface area contributed by atoms with Crippen LogP contribution in [0.5, 0.6) is 0 Å². The van der Waals surface area contributed by atoms with Gasteiger partial charge in [0, 0.05) is 35.7 Å². The molecule has 1 fully saturated rings. The molecule has 114 valence electrons. The van der Waals surface area contributed by atoms with Crippen LogP contribution in [-0.4, -0.2) is 30.8 Å². The van der Waals surface area contributed by atoms with Crippen molar-refractivity contribution in [2.24, 2.45) is 0 Å². The molecule has 4 heterocycles. The average molecular weight is 315 g/mol. The Morgan fingerprint density at radius 1 is 1.32 bits per heavy atom. The third kappa shape index (κ3) is 2.46. The first-order valence-electron chi connectivity index (χ1n) is 7.50. The molecule has 7 heteroatoms. The lowest BCUT2D eigenvalue weighted by Gasteiger charge is -2.35. The molecule has 1 saturated heterocycles. The maximum Gasteiger partial charge on any atom is 0.259 e. The molecule has 3 aromatic rings. The maximum atomic E-state index is 12.2. The molecule has 0 saturated carbocycles. The predicted molar refractivity (Wildman–Crippen MR) is 84.9 cm³/mol. The van der Waals surface area contributed by atoms with Crippen molar-refractivity contribution in [3.05, 3.63) is 51.1 Å². The van der Waals surface area contributed by atoms with E-state index < -0.39 is 0 Å². The molecule has 0 aromatic carbocycles. The maximum absolute atomic E-state index is 12.2. The highest BCUT2D eigenvalue weighted by molar-refractivity contribution is 7.09. The van der Waals surface area contributed by atoms with Crippen LogP contribution in [0.3, 0.4) is 0 Å². The summed E-state index contributed by atoms with van der Waals surface area (Å²) < 4.78 is 1.54. The Morgan fingerprint density at radius 2 is 2.27 bits per heavy atom. The van der Waals surface area contributed by atoms with Gasteiger partial charge in [-0.05, 0) is 19.4 Å². The number of hydrogen-bond donors (Lipinski definition) is 1. The average Bonchev–Trinajstić information content (AvgIpc) is 3.19. The number of H-pyrrole nitrogens is 1. The molecule has 0 bridgehead atoms. The highest BCUT2D eigenvalue weighted by Gasteiger charge is 2.26. The summed E-state index contributed by atoms with van der Waals surface area (Å²) in [7, 11) is 0. The minimum atomic E-state index is -0.0268. The number of likely N-dealkylation sites (tertiary alicyclic amines) is 1. The van der Waals surface area contributed by atoms with E-state index in [1.807, 2.05) is 11.6 Å². The first kappa shape index (κ1) is 13.7. The van der Waals surface area contributed by atoms with Gasteiger partial charge in [0.25, 0.3) is 5.56 Å². The Balaban J connectivity index is 1.68. The summed E-state index contributed by atoms with van der Waals surface area (Å²) in [6, 6.07) is 1.94. The van der Waals surface area contributed by atoms with Crippen LogP contribution in [-0.2, 0) is 6.54 Å². The number of nitrogens with one attached hydrogen (secondary N) is 1. The van der Waals surface area contributed by atoms with Crippen molar-refractivity contribution in [2.75, 3.05) is 6.54 Å².